The van der Waals surface area contributed by atoms with E-state index in [1.54, 1.807) is 0 Å². The Kier molecular flexibility index (Phi) is 6.42. The van der Waals surface area contributed by atoms with E-state index in [0.29, 0.717) is 0 Å². The van der Waals surface area contributed by atoms with Gasteiger partial charge in [0.2, 0.25) is 0 Å². The van der Waals surface area contributed by atoms with Crippen LogP contribution in [0.15, 0.2) is 176 Å². The van der Waals surface area contributed by atoms with Gasteiger partial charge in [0, 0.05) is 58.5 Å². The van der Waals surface area contributed by atoms with Gasteiger partial charge in [-0.1, -0.05) is 121 Å². The first kappa shape index (κ1) is 29.1. The number of nitrogens with zero attached hydrogens (tertiary/aromatic N) is 3. The molecule has 52 heavy (non-hydrogen) atoms. The van der Waals surface area contributed by atoms with Gasteiger partial charge in [-0.25, -0.2) is 9.97 Å². The Bertz CT molecular complexity index is 3130. The quantitative estimate of drug-likeness (QED) is 0.173. The van der Waals surface area contributed by atoms with Crippen LogP contribution in [0.3, 0.4) is 0 Å². The molecule has 0 fully saturated rings. The molecule has 0 saturated carbocycles. The van der Waals surface area contributed by atoms with E-state index in [1.807, 2.05) is 11.3 Å². The van der Waals surface area contributed by atoms with E-state index in [2.05, 4.69) is 180 Å². The van der Waals surface area contributed by atoms with E-state index in [-0.39, 0.29) is 0 Å². The molecular weight excluding hydrogens is 651 g/mol. The van der Waals surface area contributed by atoms with Crippen molar-refractivity contribution in [2.24, 2.45) is 0 Å². The fourth-order valence-corrected chi connectivity index (χ4v) is 8.92. The molecular formula is C48H29N3S. The molecule has 11 rings (SSSR count). The summed E-state index contributed by atoms with van der Waals surface area (Å²) in [4.78, 5) is 10.5. The number of pyridine rings is 2. The van der Waals surface area contributed by atoms with Gasteiger partial charge in [0.05, 0.1) is 33.5 Å². The molecule has 4 heteroatoms. The molecule has 7 aromatic carbocycles. The van der Waals surface area contributed by atoms with E-state index in [9.17, 15) is 0 Å². The van der Waals surface area contributed by atoms with Gasteiger partial charge in [-0.05, 0) is 65.7 Å². The van der Waals surface area contributed by atoms with Crippen molar-refractivity contribution < 1.29 is 0 Å². The van der Waals surface area contributed by atoms with Crippen LogP contribution in [0.2, 0.25) is 0 Å². The average Bonchev–Trinajstić information content (AvgIpc) is 3.76. The number of aromatic nitrogens is 3. The maximum atomic E-state index is 5.28. The van der Waals surface area contributed by atoms with Crippen molar-refractivity contribution in [2.45, 2.75) is 0 Å². The second kappa shape index (κ2) is 11.5. The van der Waals surface area contributed by atoms with Crippen LogP contribution in [-0.2, 0) is 0 Å². The summed E-state index contributed by atoms with van der Waals surface area (Å²) in [6.07, 6.45) is 0. The van der Waals surface area contributed by atoms with Gasteiger partial charge in [0.1, 0.15) is 0 Å². The number of thiophene rings is 1. The molecule has 0 saturated heterocycles. The van der Waals surface area contributed by atoms with Crippen LogP contribution in [0.1, 0.15) is 0 Å². The zero-order valence-electron chi connectivity index (χ0n) is 28.0. The smallest absolute Gasteiger partial charge is 0.0972 e. The standard InChI is InChI=1S/C48H29N3S/c1-4-13-43-37(10-1)38-11-2-5-14-44(38)51(43)36-9-7-8-35(28-36)42-26-23-33-21-20-32-22-25-41(49-47(32)48(33)50-42)31-18-16-30(17-19-31)34-24-27-46-40(29-34)39-12-3-6-15-45(39)52-46/h1-29H. The van der Waals surface area contributed by atoms with Gasteiger partial charge in [0.15, 0.2) is 0 Å². The lowest BCUT2D eigenvalue weighted by Gasteiger charge is -2.11. The third kappa shape index (κ3) is 4.58. The lowest BCUT2D eigenvalue weighted by molar-refractivity contribution is 1.18. The summed E-state index contributed by atoms with van der Waals surface area (Å²) in [5.74, 6) is 0. The SMILES string of the molecule is c1cc(-c2ccc3ccc4ccc(-c5ccc(-c6ccc7sc8ccccc8c7c6)cc5)nc4c3n2)cc(-n2c3ccccc3c3ccccc32)c1. The normalized spacial score (nSPS) is 11.8. The summed E-state index contributed by atoms with van der Waals surface area (Å²) < 4.78 is 5.00. The van der Waals surface area contributed by atoms with E-state index in [0.717, 1.165) is 50.0 Å². The largest absolute Gasteiger partial charge is 0.309 e. The summed E-state index contributed by atoms with van der Waals surface area (Å²) in [6, 6.07) is 63.1. The molecule has 242 valence electrons. The van der Waals surface area contributed by atoms with Crippen LogP contribution in [-0.4, -0.2) is 14.5 Å². The molecule has 0 atom stereocenters. The van der Waals surface area contributed by atoms with E-state index in [1.165, 1.54) is 53.1 Å². The summed E-state index contributed by atoms with van der Waals surface area (Å²) in [5, 5.41) is 7.29. The van der Waals surface area contributed by atoms with E-state index >= 15 is 0 Å². The lowest BCUT2D eigenvalue weighted by atomic mass is 10.0. The summed E-state index contributed by atoms with van der Waals surface area (Å²) >= 11 is 1.85. The van der Waals surface area contributed by atoms with Gasteiger partial charge in [0.25, 0.3) is 0 Å². The Labute approximate surface area is 303 Å². The number of hydrogen-bond acceptors (Lipinski definition) is 3. The van der Waals surface area contributed by atoms with Crippen LogP contribution in [0.5, 0.6) is 0 Å². The van der Waals surface area contributed by atoms with Crippen LogP contribution in [0.4, 0.5) is 0 Å². The van der Waals surface area contributed by atoms with Crippen molar-refractivity contribution in [3.05, 3.63) is 176 Å². The molecule has 11 aromatic rings. The van der Waals surface area contributed by atoms with E-state index in [4.69, 9.17) is 9.97 Å². The van der Waals surface area contributed by atoms with Crippen LogP contribution in [0, 0.1) is 0 Å². The van der Waals surface area contributed by atoms with Crippen molar-refractivity contribution in [3.8, 4) is 39.3 Å². The fourth-order valence-electron chi connectivity index (χ4n) is 7.83. The Morgan fingerprint density at radius 1 is 0.365 bits per heavy atom. The molecule has 4 aromatic heterocycles. The molecule has 0 aliphatic rings. The van der Waals surface area contributed by atoms with Crippen LogP contribution >= 0.6 is 11.3 Å². The summed E-state index contributed by atoms with van der Waals surface area (Å²) in [6.45, 7) is 0. The van der Waals surface area contributed by atoms with Gasteiger partial charge in [-0.2, -0.15) is 0 Å². The molecule has 0 spiro atoms. The Balaban J connectivity index is 0.977. The number of fused-ring (bicyclic) bond motifs is 9. The summed E-state index contributed by atoms with van der Waals surface area (Å²) in [7, 11) is 0. The second-order valence-electron chi connectivity index (χ2n) is 13.4. The predicted octanol–water partition coefficient (Wildman–Crippen LogP) is 13.2. The molecule has 3 nitrogen and oxygen atoms in total. The molecule has 0 bridgehead atoms. The average molecular weight is 680 g/mol. The zero-order chi connectivity index (χ0) is 34.2. The lowest BCUT2D eigenvalue weighted by Crippen LogP contribution is -1.95. The highest BCUT2D eigenvalue weighted by Crippen LogP contribution is 2.37. The van der Waals surface area contributed by atoms with Crippen LogP contribution < -0.4 is 0 Å². The first-order valence-corrected chi connectivity index (χ1v) is 18.4. The fraction of sp³-hybridized carbons (Fsp3) is 0. The maximum absolute atomic E-state index is 5.28. The molecule has 0 radical (unpaired) electrons. The van der Waals surface area contributed by atoms with Crippen molar-refractivity contribution in [1.29, 1.82) is 0 Å². The third-order valence-corrected chi connectivity index (χ3v) is 11.5. The molecule has 0 aliphatic carbocycles. The first-order valence-electron chi connectivity index (χ1n) is 17.6. The highest BCUT2D eigenvalue weighted by Gasteiger charge is 2.14. The minimum absolute atomic E-state index is 0.909. The second-order valence-corrected chi connectivity index (χ2v) is 14.5. The topological polar surface area (TPSA) is 30.7 Å². The van der Waals surface area contributed by atoms with Crippen molar-refractivity contribution in [1.82, 2.24) is 14.5 Å². The molecule has 4 heterocycles. The Morgan fingerprint density at radius 2 is 0.923 bits per heavy atom. The predicted molar refractivity (Wildman–Crippen MR) is 221 cm³/mol. The number of hydrogen-bond donors (Lipinski definition) is 0. The number of benzene rings is 7. The maximum Gasteiger partial charge on any atom is 0.0972 e. The van der Waals surface area contributed by atoms with Gasteiger partial charge < -0.3 is 4.57 Å². The highest BCUT2D eigenvalue weighted by atomic mass is 32.1. The van der Waals surface area contributed by atoms with Gasteiger partial charge >= 0.3 is 0 Å². The summed E-state index contributed by atoms with van der Waals surface area (Å²) in [5.41, 5.74) is 11.8. The molecule has 0 aliphatic heterocycles. The molecule has 0 N–H and O–H groups in total. The number of rotatable bonds is 4. The molecule has 0 unspecified atom stereocenters. The molecule has 0 amide bonds. The van der Waals surface area contributed by atoms with Crippen LogP contribution in [0.25, 0.3) is 103 Å². The minimum atomic E-state index is 0.909. The highest BCUT2D eigenvalue weighted by molar-refractivity contribution is 7.25. The number of para-hydroxylation sites is 2. The Hall–Kier alpha value is -6.62. The first-order chi connectivity index (χ1) is 25.7. The van der Waals surface area contributed by atoms with Crippen molar-refractivity contribution in [2.75, 3.05) is 0 Å². The van der Waals surface area contributed by atoms with Gasteiger partial charge in [-0.3, -0.25) is 0 Å². The van der Waals surface area contributed by atoms with E-state index < -0.39 is 0 Å². The minimum Gasteiger partial charge on any atom is -0.309 e. The van der Waals surface area contributed by atoms with Gasteiger partial charge in [-0.15, -0.1) is 11.3 Å². The Morgan fingerprint density at radius 3 is 1.63 bits per heavy atom. The monoisotopic (exact) mass is 679 g/mol. The zero-order valence-corrected chi connectivity index (χ0v) is 28.8. The third-order valence-electron chi connectivity index (χ3n) is 10.4. The van der Waals surface area contributed by atoms with Crippen molar-refractivity contribution >= 4 is 75.1 Å². The van der Waals surface area contributed by atoms with Crippen molar-refractivity contribution in [3.63, 3.8) is 0 Å².